The molecule has 0 saturated carbocycles. The molecule has 6 nitrogen and oxygen atoms in total. The number of hydrogen-bond acceptors (Lipinski definition) is 5. The highest BCUT2D eigenvalue weighted by Crippen LogP contribution is 2.15. The van der Waals surface area contributed by atoms with Crippen LogP contribution in [-0.4, -0.2) is 54.5 Å². The van der Waals surface area contributed by atoms with E-state index in [1.54, 1.807) is 11.9 Å². The molecular formula is C12H16ClN3O3S. The molecule has 1 saturated heterocycles. The minimum atomic E-state index is -0.561. The van der Waals surface area contributed by atoms with Gasteiger partial charge in [0.25, 0.3) is 0 Å². The quantitative estimate of drug-likeness (QED) is 0.816. The summed E-state index contributed by atoms with van der Waals surface area (Å²) >= 11 is 7.10. The summed E-state index contributed by atoms with van der Waals surface area (Å²) in [6.45, 7) is 1.10. The van der Waals surface area contributed by atoms with Gasteiger partial charge in [0.2, 0.25) is 11.8 Å². The number of nitrogens with one attached hydrogen (secondary N) is 1. The maximum Gasteiger partial charge on any atom is 0.244 e. The van der Waals surface area contributed by atoms with E-state index < -0.39 is 6.04 Å². The van der Waals surface area contributed by atoms with E-state index in [0.717, 1.165) is 5.69 Å². The van der Waals surface area contributed by atoms with E-state index in [9.17, 15) is 9.59 Å². The van der Waals surface area contributed by atoms with Crippen molar-refractivity contribution >= 4 is 34.8 Å². The second kappa shape index (κ2) is 7.01. The van der Waals surface area contributed by atoms with Gasteiger partial charge in [-0.15, -0.1) is 22.9 Å². The van der Waals surface area contributed by atoms with Crippen LogP contribution in [-0.2, 0) is 26.6 Å². The van der Waals surface area contributed by atoms with Gasteiger partial charge in [-0.2, -0.15) is 0 Å². The smallest absolute Gasteiger partial charge is 0.244 e. The van der Waals surface area contributed by atoms with Crippen LogP contribution in [0.1, 0.15) is 10.7 Å². The number of likely N-dealkylation sites (N-methyl/N-ethyl adjacent to an activating group) is 1. The molecule has 0 radical (unpaired) electrons. The largest absolute Gasteiger partial charge is 0.377 e. The monoisotopic (exact) mass is 317 g/mol. The van der Waals surface area contributed by atoms with Gasteiger partial charge in [-0.3, -0.25) is 9.59 Å². The fraction of sp³-hybridized carbons (Fsp3) is 0.583. The number of nitrogens with zero attached hydrogens (tertiary/aromatic N) is 2. The number of rotatable bonds is 4. The van der Waals surface area contributed by atoms with Gasteiger partial charge in [0, 0.05) is 19.0 Å². The summed E-state index contributed by atoms with van der Waals surface area (Å²) in [5.41, 5.74) is 0.768. The van der Waals surface area contributed by atoms with Crippen molar-refractivity contribution in [2.45, 2.75) is 18.3 Å². The van der Waals surface area contributed by atoms with Crippen LogP contribution in [0.25, 0.3) is 0 Å². The van der Waals surface area contributed by atoms with Crippen molar-refractivity contribution in [1.29, 1.82) is 0 Å². The fourth-order valence-corrected chi connectivity index (χ4v) is 3.02. The van der Waals surface area contributed by atoms with Crippen LogP contribution in [0.5, 0.6) is 0 Å². The Kier molecular flexibility index (Phi) is 5.33. The Labute approximate surface area is 126 Å². The van der Waals surface area contributed by atoms with Crippen molar-refractivity contribution in [3.63, 3.8) is 0 Å². The summed E-state index contributed by atoms with van der Waals surface area (Å²) in [7, 11) is 1.55. The number of alkyl halides is 1. The molecule has 1 unspecified atom stereocenters. The molecule has 1 aliphatic rings. The number of carbonyl (C=O) groups excluding carboxylic acids is 2. The van der Waals surface area contributed by atoms with Gasteiger partial charge in [-0.05, 0) is 0 Å². The van der Waals surface area contributed by atoms with Crippen LogP contribution in [0.3, 0.4) is 0 Å². The van der Waals surface area contributed by atoms with Crippen LogP contribution in [0.4, 0.5) is 0 Å². The molecule has 20 heavy (non-hydrogen) atoms. The number of halogens is 1. The van der Waals surface area contributed by atoms with Crippen LogP contribution in [0, 0.1) is 0 Å². The Morgan fingerprint density at radius 2 is 2.45 bits per heavy atom. The molecule has 0 bridgehead atoms. The zero-order valence-electron chi connectivity index (χ0n) is 11.1. The van der Waals surface area contributed by atoms with Gasteiger partial charge in [-0.25, -0.2) is 4.98 Å². The third kappa shape index (κ3) is 3.47. The molecule has 1 fully saturated rings. The molecule has 0 aliphatic carbocycles. The van der Waals surface area contributed by atoms with Crippen molar-refractivity contribution in [1.82, 2.24) is 15.2 Å². The predicted octanol–water partition coefficient (Wildman–Crippen LogP) is 0.398. The van der Waals surface area contributed by atoms with E-state index >= 15 is 0 Å². The van der Waals surface area contributed by atoms with Gasteiger partial charge in [-0.1, -0.05) is 0 Å². The van der Waals surface area contributed by atoms with Gasteiger partial charge < -0.3 is 15.0 Å². The average molecular weight is 318 g/mol. The van der Waals surface area contributed by atoms with Crippen molar-refractivity contribution in [3.05, 3.63) is 16.1 Å². The van der Waals surface area contributed by atoms with E-state index in [-0.39, 0.29) is 24.8 Å². The number of aromatic nitrogens is 1. The second-order valence-corrected chi connectivity index (χ2v) is 5.55. The van der Waals surface area contributed by atoms with Crippen molar-refractivity contribution in [3.8, 4) is 0 Å². The third-order valence-corrected chi connectivity index (χ3v) is 4.21. The lowest BCUT2D eigenvalue weighted by molar-refractivity contribution is -0.147. The molecule has 2 heterocycles. The van der Waals surface area contributed by atoms with Crippen molar-refractivity contribution < 1.29 is 14.3 Å². The highest BCUT2D eigenvalue weighted by Gasteiger charge is 2.32. The maximum atomic E-state index is 12.3. The van der Waals surface area contributed by atoms with E-state index in [2.05, 4.69) is 10.3 Å². The molecule has 1 N–H and O–H groups in total. The lowest BCUT2D eigenvalue weighted by Gasteiger charge is -2.34. The number of thiazole rings is 1. The summed E-state index contributed by atoms with van der Waals surface area (Å²) in [6.07, 6.45) is 0.190. The van der Waals surface area contributed by atoms with E-state index in [4.69, 9.17) is 16.3 Å². The molecule has 2 amide bonds. The van der Waals surface area contributed by atoms with Gasteiger partial charge in [0.1, 0.15) is 11.0 Å². The molecule has 1 aromatic rings. The Morgan fingerprint density at radius 1 is 1.65 bits per heavy atom. The van der Waals surface area contributed by atoms with Crippen LogP contribution < -0.4 is 5.32 Å². The maximum absolute atomic E-state index is 12.3. The predicted molar refractivity (Wildman–Crippen MR) is 75.8 cm³/mol. The van der Waals surface area contributed by atoms with Crippen LogP contribution in [0.15, 0.2) is 5.38 Å². The minimum Gasteiger partial charge on any atom is -0.377 e. The Balaban J connectivity index is 2.03. The standard InChI is InChI=1S/C12H16ClN3O3S/c1-14-12(18)9-6-19-3-2-16(9)11(17)4-10-15-8(5-13)7-20-10/h7,9H,2-6H2,1H3,(H,14,18). The first-order valence-electron chi connectivity index (χ1n) is 6.23. The molecule has 1 atom stereocenters. The van der Waals surface area contributed by atoms with Crippen LogP contribution >= 0.6 is 22.9 Å². The highest BCUT2D eigenvalue weighted by molar-refractivity contribution is 7.09. The number of amides is 2. The first-order chi connectivity index (χ1) is 9.65. The number of ether oxygens (including phenoxy) is 1. The van der Waals surface area contributed by atoms with E-state index in [1.165, 1.54) is 11.3 Å². The fourth-order valence-electron chi connectivity index (χ4n) is 2.01. The first-order valence-corrected chi connectivity index (χ1v) is 7.65. The summed E-state index contributed by atoms with van der Waals surface area (Å²) in [5.74, 6) is 0.0133. The first kappa shape index (κ1) is 15.2. The zero-order chi connectivity index (χ0) is 14.5. The Hall–Kier alpha value is -1.18. The van der Waals surface area contributed by atoms with E-state index in [0.29, 0.717) is 24.0 Å². The summed E-state index contributed by atoms with van der Waals surface area (Å²) in [5, 5.41) is 5.11. The molecule has 2 rings (SSSR count). The number of carbonyl (C=O) groups is 2. The molecular weight excluding hydrogens is 302 g/mol. The third-order valence-electron chi connectivity index (χ3n) is 3.04. The van der Waals surface area contributed by atoms with Crippen molar-refractivity contribution in [2.24, 2.45) is 0 Å². The van der Waals surface area contributed by atoms with Crippen LogP contribution in [0.2, 0.25) is 0 Å². The molecule has 0 aromatic carbocycles. The molecule has 1 aliphatic heterocycles. The lowest BCUT2D eigenvalue weighted by Crippen LogP contribution is -2.55. The van der Waals surface area contributed by atoms with Gasteiger partial charge >= 0.3 is 0 Å². The summed E-state index contributed by atoms with van der Waals surface area (Å²) in [6, 6.07) is -0.561. The SMILES string of the molecule is CNC(=O)C1COCCN1C(=O)Cc1nc(CCl)cs1. The zero-order valence-corrected chi connectivity index (χ0v) is 12.7. The topological polar surface area (TPSA) is 71.5 Å². The van der Waals surface area contributed by atoms with Gasteiger partial charge in [0.05, 0.1) is 31.2 Å². The molecule has 0 spiro atoms. The number of hydrogen-bond donors (Lipinski definition) is 1. The average Bonchev–Trinajstić information content (AvgIpc) is 2.94. The molecule has 8 heteroatoms. The summed E-state index contributed by atoms with van der Waals surface area (Å²) < 4.78 is 5.27. The summed E-state index contributed by atoms with van der Waals surface area (Å²) in [4.78, 5) is 29.9. The van der Waals surface area contributed by atoms with E-state index in [1.807, 2.05) is 5.38 Å². The highest BCUT2D eigenvalue weighted by atomic mass is 35.5. The molecule has 1 aromatic heterocycles. The number of morpholine rings is 1. The lowest BCUT2D eigenvalue weighted by atomic mass is 10.2. The Bertz CT molecular complexity index is 494. The van der Waals surface area contributed by atoms with Crippen molar-refractivity contribution in [2.75, 3.05) is 26.8 Å². The molecule has 110 valence electrons. The Morgan fingerprint density at radius 3 is 3.10 bits per heavy atom. The minimum absolute atomic E-state index is 0.114. The van der Waals surface area contributed by atoms with Gasteiger partial charge in [0.15, 0.2) is 0 Å². The second-order valence-electron chi connectivity index (χ2n) is 4.34. The normalized spacial score (nSPS) is 18.9.